The molecule has 35 heavy (non-hydrogen) atoms. The Kier molecular flexibility index (Phi) is 5.32. The van der Waals surface area contributed by atoms with Gasteiger partial charge in [-0.3, -0.25) is 9.59 Å². The van der Waals surface area contributed by atoms with E-state index in [1.54, 1.807) is 9.58 Å². The summed E-state index contributed by atoms with van der Waals surface area (Å²) in [6.07, 6.45) is 1.78. The number of carbonyl (C=O) groups excluding carboxylic acids is 2. The van der Waals surface area contributed by atoms with Gasteiger partial charge in [0.2, 0.25) is 11.8 Å². The first-order valence-corrected chi connectivity index (χ1v) is 11.7. The summed E-state index contributed by atoms with van der Waals surface area (Å²) in [7, 11) is 0. The zero-order chi connectivity index (χ0) is 23.8. The molecule has 0 radical (unpaired) electrons. The quantitative estimate of drug-likeness (QED) is 0.451. The summed E-state index contributed by atoms with van der Waals surface area (Å²) in [6.45, 7) is 2.80. The normalized spacial score (nSPS) is 18.5. The number of para-hydroxylation sites is 2. The summed E-state index contributed by atoms with van der Waals surface area (Å²) in [6, 6.07) is 19.3. The highest BCUT2D eigenvalue weighted by atomic mass is 16.2. The van der Waals surface area contributed by atoms with E-state index in [4.69, 9.17) is 0 Å². The van der Waals surface area contributed by atoms with Gasteiger partial charge >= 0.3 is 0 Å². The number of piperazine rings is 1. The fourth-order valence-corrected chi connectivity index (χ4v) is 4.84. The van der Waals surface area contributed by atoms with E-state index in [-0.39, 0.29) is 24.2 Å². The fourth-order valence-electron chi connectivity index (χ4n) is 4.84. The first-order chi connectivity index (χ1) is 17.2. The Hall–Kier alpha value is -4.34. The number of aromatic nitrogens is 5. The second-order valence-electron chi connectivity index (χ2n) is 8.76. The molecule has 0 aliphatic carbocycles. The highest BCUT2D eigenvalue weighted by Crippen LogP contribution is 2.28. The molecule has 6 rings (SSSR count). The number of nitrogens with zero attached hydrogens (tertiary/aromatic N) is 8. The van der Waals surface area contributed by atoms with Gasteiger partial charge in [-0.05, 0) is 24.3 Å². The van der Waals surface area contributed by atoms with E-state index in [2.05, 4.69) is 25.2 Å². The molecule has 0 N–H and O–H groups in total. The van der Waals surface area contributed by atoms with Crippen LogP contribution in [-0.2, 0) is 9.59 Å². The maximum absolute atomic E-state index is 13.2. The van der Waals surface area contributed by atoms with Crippen molar-refractivity contribution in [2.75, 3.05) is 42.5 Å². The molecule has 2 aromatic carbocycles. The van der Waals surface area contributed by atoms with E-state index in [9.17, 15) is 9.59 Å². The Labute approximate surface area is 201 Å². The number of benzene rings is 2. The summed E-state index contributed by atoms with van der Waals surface area (Å²) in [5.74, 6) is 0.443. The van der Waals surface area contributed by atoms with Gasteiger partial charge < -0.3 is 14.7 Å². The van der Waals surface area contributed by atoms with E-state index in [1.807, 2.05) is 65.6 Å². The van der Waals surface area contributed by atoms with Crippen LogP contribution in [0.25, 0.3) is 16.9 Å². The number of amides is 2. The number of hydrogen-bond donors (Lipinski definition) is 0. The predicted molar refractivity (Wildman–Crippen MR) is 130 cm³/mol. The number of rotatable bonds is 4. The molecule has 2 aliphatic heterocycles. The molecule has 176 valence electrons. The highest BCUT2D eigenvalue weighted by molar-refractivity contribution is 6.00. The average Bonchev–Trinajstić information content (AvgIpc) is 3.53. The van der Waals surface area contributed by atoms with E-state index in [0.717, 1.165) is 17.2 Å². The van der Waals surface area contributed by atoms with Crippen LogP contribution in [-0.4, -0.2) is 74.4 Å². The molecule has 1 atom stereocenters. The average molecular weight is 469 g/mol. The topological polar surface area (TPSA) is 100 Å². The van der Waals surface area contributed by atoms with Crippen molar-refractivity contribution in [3.63, 3.8) is 0 Å². The lowest BCUT2D eigenvalue weighted by molar-refractivity contribution is -0.136. The zero-order valence-electron chi connectivity index (χ0n) is 19.1. The van der Waals surface area contributed by atoms with Crippen LogP contribution in [0.3, 0.4) is 0 Å². The number of carbonyl (C=O) groups is 2. The SMILES string of the molecule is O=C([C@@H]1CC(=O)N(c2ccccc2)C1)N1CCN(c2ncnc3c2nnn3-c2ccccc2)CC1. The largest absolute Gasteiger partial charge is 0.351 e. The van der Waals surface area contributed by atoms with Crippen LogP contribution in [0.15, 0.2) is 67.0 Å². The van der Waals surface area contributed by atoms with Crippen molar-refractivity contribution < 1.29 is 9.59 Å². The van der Waals surface area contributed by atoms with Crippen LogP contribution >= 0.6 is 0 Å². The number of fused-ring (bicyclic) bond motifs is 1. The van der Waals surface area contributed by atoms with Crippen molar-refractivity contribution in [1.82, 2.24) is 29.9 Å². The molecule has 4 aromatic rings. The first-order valence-electron chi connectivity index (χ1n) is 11.7. The van der Waals surface area contributed by atoms with E-state index in [1.165, 1.54) is 6.33 Å². The summed E-state index contributed by atoms with van der Waals surface area (Å²) in [5, 5.41) is 8.65. The van der Waals surface area contributed by atoms with Crippen molar-refractivity contribution in [3.05, 3.63) is 67.0 Å². The van der Waals surface area contributed by atoms with Crippen molar-refractivity contribution in [3.8, 4) is 5.69 Å². The van der Waals surface area contributed by atoms with Gasteiger partial charge in [-0.2, -0.15) is 4.68 Å². The third-order valence-electron chi connectivity index (χ3n) is 6.65. The van der Waals surface area contributed by atoms with Crippen LogP contribution in [0, 0.1) is 5.92 Å². The van der Waals surface area contributed by atoms with Crippen molar-refractivity contribution in [2.45, 2.75) is 6.42 Å². The first kappa shape index (κ1) is 21.2. The van der Waals surface area contributed by atoms with Crippen LogP contribution in [0.5, 0.6) is 0 Å². The molecule has 10 nitrogen and oxygen atoms in total. The molecule has 4 heterocycles. The third kappa shape index (κ3) is 3.86. The molecular formula is C25H24N8O2. The van der Waals surface area contributed by atoms with Crippen molar-refractivity contribution in [2.24, 2.45) is 5.92 Å². The minimum atomic E-state index is -0.314. The van der Waals surface area contributed by atoms with E-state index >= 15 is 0 Å². The maximum Gasteiger partial charge on any atom is 0.228 e. The molecule has 2 fully saturated rings. The fraction of sp³-hybridized carbons (Fsp3) is 0.280. The monoisotopic (exact) mass is 468 g/mol. The molecule has 10 heteroatoms. The summed E-state index contributed by atoms with van der Waals surface area (Å²) in [5.41, 5.74) is 3.00. The molecule has 0 spiro atoms. The van der Waals surface area contributed by atoms with Crippen LogP contribution in [0.2, 0.25) is 0 Å². The number of anilines is 2. The maximum atomic E-state index is 13.2. The van der Waals surface area contributed by atoms with Crippen molar-refractivity contribution in [1.29, 1.82) is 0 Å². The van der Waals surface area contributed by atoms with Gasteiger partial charge in [-0.1, -0.05) is 41.6 Å². The predicted octanol–water partition coefficient (Wildman–Crippen LogP) is 1.91. The molecule has 2 aromatic heterocycles. The Bertz CT molecular complexity index is 1370. The van der Waals surface area contributed by atoms with Gasteiger partial charge in [-0.25, -0.2) is 9.97 Å². The minimum absolute atomic E-state index is 0.00179. The Morgan fingerprint density at radius 1 is 0.857 bits per heavy atom. The molecule has 0 saturated carbocycles. The standard InChI is InChI=1S/C25H24N8O2/c34-21-15-18(16-32(21)19-7-3-1-4-8-19)25(35)31-13-11-30(12-14-31)23-22-24(27-17-26-23)33(29-28-22)20-9-5-2-6-10-20/h1-10,17-18H,11-16H2/t18-/m1/s1. The lowest BCUT2D eigenvalue weighted by atomic mass is 10.1. The summed E-state index contributed by atoms with van der Waals surface area (Å²) >= 11 is 0. The van der Waals surface area contributed by atoms with E-state index < -0.39 is 0 Å². The van der Waals surface area contributed by atoms with Gasteiger partial charge in [0, 0.05) is 44.8 Å². The number of hydrogen-bond acceptors (Lipinski definition) is 7. The minimum Gasteiger partial charge on any atom is -0.351 e. The summed E-state index contributed by atoms with van der Waals surface area (Å²) in [4.78, 5) is 40.4. The van der Waals surface area contributed by atoms with Gasteiger partial charge in [0.05, 0.1) is 11.6 Å². The lowest BCUT2D eigenvalue weighted by Gasteiger charge is -2.36. The van der Waals surface area contributed by atoms with E-state index in [0.29, 0.717) is 43.9 Å². The molecule has 2 amide bonds. The second-order valence-corrected chi connectivity index (χ2v) is 8.76. The second kappa shape index (κ2) is 8.79. The lowest BCUT2D eigenvalue weighted by Crippen LogP contribution is -2.51. The Morgan fingerprint density at radius 2 is 1.54 bits per heavy atom. The summed E-state index contributed by atoms with van der Waals surface area (Å²) < 4.78 is 1.70. The Morgan fingerprint density at radius 3 is 2.26 bits per heavy atom. The van der Waals surface area contributed by atoms with Gasteiger partial charge in [0.1, 0.15) is 6.33 Å². The third-order valence-corrected chi connectivity index (χ3v) is 6.65. The van der Waals surface area contributed by atoms with Gasteiger partial charge in [0.25, 0.3) is 0 Å². The molecular weight excluding hydrogens is 444 g/mol. The smallest absolute Gasteiger partial charge is 0.228 e. The van der Waals surface area contributed by atoms with Crippen molar-refractivity contribution >= 4 is 34.5 Å². The van der Waals surface area contributed by atoms with Gasteiger partial charge in [0.15, 0.2) is 17.0 Å². The zero-order valence-corrected chi connectivity index (χ0v) is 19.1. The Balaban J connectivity index is 1.14. The molecule has 2 saturated heterocycles. The van der Waals surface area contributed by atoms with Crippen LogP contribution < -0.4 is 9.80 Å². The van der Waals surface area contributed by atoms with Crippen LogP contribution in [0.4, 0.5) is 11.5 Å². The van der Waals surface area contributed by atoms with Gasteiger partial charge in [-0.15, -0.1) is 5.10 Å². The highest BCUT2D eigenvalue weighted by Gasteiger charge is 2.38. The molecule has 2 aliphatic rings. The van der Waals surface area contributed by atoms with Crippen LogP contribution in [0.1, 0.15) is 6.42 Å². The molecule has 0 unspecified atom stereocenters. The molecule has 0 bridgehead atoms.